The number of H-pyrrole nitrogens is 1. The Bertz CT molecular complexity index is 922. The fourth-order valence-electron chi connectivity index (χ4n) is 3.66. The van der Waals surface area contributed by atoms with E-state index in [0.717, 1.165) is 12.1 Å². The SMILES string of the molecule is CC(C)C(C)NCCC1(C(F)(F)F)c2cc(F)ccc2Nc2c1cc[nH]c2=O. The number of anilines is 2. The lowest BCUT2D eigenvalue weighted by Crippen LogP contribution is -2.49. The van der Waals surface area contributed by atoms with Crippen LogP contribution < -0.4 is 16.2 Å². The number of rotatable bonds is 5. The van der Waals surface area contributed by atoms with E-state index in [0.29, 0.717) is 0 Å². The third-order valence-corrected chi connectivity index (χ3v) is 5.57. The van der Waals surface area contributed by atoms with Crippen molar-refractivity contribution in [1.82, 2.24) is 10.3 Å². The molecule has 0 spiro atoms. The first-order valence-corrected chi connectivity index (χ1v) is 9.17. The molecule has 0 aliphatic carbocycles. The van der Waals surface area contributed by atoms with E-state index >= 15 is 0 Å². The molecule has 0 saturated heterocycles. The van der Waals surface area contributed by atoms with E-state index in [2.05, 4.69) is 15.6 Å². The molecule has 2 heterocycles. The van der Waals surface area contributed by atoms with Crippen LogP contribution in [-0.2, 0) is 5.41 Å². The van der Waals surface area contributed by atoms with Crippen molar-refractivity contribution in [3.05, 3.63) is 57.8 Å². The van der Waals surface area contributed by atoms with Crippen molar-refractivity contribution in [2.24, 2.45) is 5.92 Å². The first-order chi connectivity index (χ1) is 13.1. The molecule has 0 bridgehead atoms. The van der Waals surface area contributed by atoms with E-state index in [1.54, 1.807) is 0 Å². The van der Waals surface area contributed by atoms with Crippen molar-refractivity contribution in [2.75, 3.05) is 11.9 Å². The van der Waals surface area contributed by atoms with Gasteiger partial charge in [0.1, 0.15) is 16.9 Å². The van der Waals surface area contributed by atoms with Gasteiger partial charge in [0, 0.05) is 23.5 Å². The van der Waals surface area contributed by atoms with Gasteiger partial charge in [0.2, 0.25) is 0 Å². The van der Waals surface area contributed by atoms with Crippen LogP contribution in [0.1, 0.15) is 38.3 Å². The highest BCUT2D eigenvalue weighted by Gasteiger charge is 2.60. The van der Waals surface area contributed by atoms with Crippen LogP contribution in [0.4, 0.5) is 28.9 Å². The molecule has 2 aromatic rings. The minimum absolute atomic E-state index is 0.0117. The summed E-state index contributed by atoms with van der Waals surface area (Å²) < 4.78 is 57.8. The molecule has 152 valence electrons. The molecule has 0 saturated carbocycles. The van der Waals surface area contributed by atoms with Gasteiger partial charge in [-0.2, -0.15) is 13.2 Å². The maximum atomic E-state index is 14.6. The first kappa shape index (κ1) is 20.4. The number of aromatic amines is 1. The summed E-state index contributed by atoms with van der Waals surface area (Å²) in [4.78, 5) is 14.7. The number of pyridine rings is 1. The van der Waals surface area contributed by atoms with Crippen LogP contribution >= 0.6 is 0 Å². The average molecular weight is 397 g/mol. The number of hydrogen-bond acceptors (Lipinski definition) is 3. The minimum atomic E-state index is -4.73. The summed E-state index contributed by atoms with van der Waals surface area (Å²) in [6, 6.07) is 4.49. The van der Waals surface area contributed by atoms with E-state index in [-0.39, 0.29) is 47.4 Å². The van der Waals surface area contributed by atoms with Crippen LogP contribution in [0.15, 0.2) is 35.3 Å². The number of nitrogens with one attached hydrogen (secondary N) is 3. The van der Waals surface area contributed by atoms with E-state index < -0.39 is 23.0 Å². The highest BCUT2D eigenvalue weighted by Crippen LogP contribution is 2.55. The maximum absolute atomic E-state index is 14.6. The minimum Gasteiger partial charge on any atom is -0.351 e. The maximum Gasteiger partial charge on any atom is 0.402 e. The summed E-state index contributed by atoms with van der Waals surface area (Å²) in [5, 5.41) is 5.87. The van der Waals surface area contributed by atoms with Gasteiger partial charge in [0.05, 0.1) is 0 Å². The zero-order valence-corrected chi connectivity index (χ0v) is 15.9. The summed E-state index contributed by atoms with van der Waals surface area (Å²) in [7, 11) is 0. The molecule has 1 aliphatic rings. The van der Waals surface area contributed by atoms with Crippen molar-refractivity contribution in [3.63, 3.8) is 0 Å². The molecule has 2 atom stereocenters. The second-order valence-corrected chi connectivity index (χ2v) is 7.55. The number of alkyl halides is 3. The third kappa shape index (κ3) is 3.30. The quantitative estimate of drug-likeness (QED) is 0.654. The van der Waals surface area contributed by atoms with Crippen molar-refractivity contribution in [1.29, 1.82) is 0 Å². The van der Waals surface area contributed by atoms with E-state index in [9.17, 15) is 22.4 Å². The van der Waals surface area contributed by atoms with E-state index in [4.69, 9.17) is 0 Å². The molecule has 8 heteroatoms. The van der Waals surface area contributed by atoms with Gasteiger partial charge < -0.3 is 15.6 Å². The average Bonchev–Trinajstić information content (AvgIpc) is 2.61. The van der Waals surface area contributed by atoms with E-state index in [1.165, 1.54) is 18.3 Å². The van der Waals surface area contributed by atoms with Gasteiger partial charge in [-0.3, -0.25) is 4.79 Å². The van der Waals surface area contributed by atoms with Gasteiger partial charge >= 0.3 is 6.18 Å². The van der Waals surface area contributed by atoms with Gasteiger partial charge in [-0.1, -0.05) is 13.8 Å². The van der Waals surface area contributed by atoms with Crippen LogP contribution in [0.5, 0.6) is 0 Å². The number of aromatic nitrogens is 1. The summed E-state index contributed by atoms with van der Waals surface area (Å²) in [5.74, 6) is -0.513. The molecule has 1 aromatic heterocycles. The molecular formula is C20H23F4N3O. The third-order valence-electron chi connectivity index (χ3n) is 5.57. The van der Waals surface area contributed by atoms with Gasteiger partial charge in [0.15, 0.2) is 0 Å². The van der Waals surface area contributed by atoms with Crippen LogP contribution in [0.3, 0.4) is 0 Å². The molecule has 1 aromatic carbocycles. The van der Waals surface area contributed by atoms with Crippen molar-refractivity contribution in [3.8, 4) is 0 Å². The summed E-state index contributed by atoms with van der Waals surface area (Å²) in [6.07, 6.45) is -3.90. The van der Waals surface area contributed by atoms with Crippen molar-refractivity contribution in [2.45, 2.75) is 44.8 Å². The standard InChI is InChI=1S/C20H23F4N3O/c1-11(2)12(3)25-9-7-19(20(22,23)24)14-6-8-26-18(28)17(14)27-16-5-4-13(21)10-15(16)19/h4-6,8,10-12,25,27H,7,9H2,1-3H3,(H,26,28). The molecular weight excluding hydrogens is 374 g/mol. The zero-order chi connectivity index (χ0) is 20.7. The molecule has 3 N–H and O–H groups in total. The molecule has 2 unspecified atom stereocenters. The van der Waals surface area contributed by atoms with Crippen LogP contribution in [-0.4, -0.2) is 23.7 Å². The van der Waals surface area contributed by atoms with Gasteiger partial charge in [-0.15, -0.1) is 0 Å². The predicted molar refractivity (Wildman–Crippen MR) is 101 cm³/mol. The van der Waals surface area contributed by atoms with Gasteiger partial charge in [0.25, 0.3) is 5.56 Å². The predicted octanol–water partition coefficient (Wildman–Crippen LogP) is 4.44. The Morgan fingerprint density at radius 1 is 1.14 bits per heavy atom. The van der Waals surface area contributed by atoms with Crippen molar-refractivity contribution >= 4 is 11.4 Å². The zero-order valence-electron chi connectivity index (χ0n) is 15.9. The Hall–Kier alpha value is -2.35. The molecule has 1 aliphatic heterocycles. The fraction of sp³-hybridized carbons (Fsp3) is 0.450. The van der Waals surface area contributed by atoms with Crippen LogP contribution in [0, 0.1) is 11.7 Å². The normalized spacial score (nSPS) is 19.7. The fourth-order valence-corrected chi connectivity index (χ4v) is 3.66. The highest BCUT2D eigenvalue weighted by atomic mass is 19.4. The second-order valence-electron chi connectivity index (χ2n) is 7.55. The second kappa shape index (κ2) is 7.24. The Balaban J connectivity index is 2.19. The molecule has 3 rings (SSSR count). The molecule has 4 nitrogen and oxygen atoms in total. The summed E-state index contributed by atoms with van der Waals surface area (Å²) in [6.45, 7) is 5.91. The monoisotopic (exact) mass is 397 g/mol. The smallest absolute Gasteiger partial charge is 0.351 e. The highest BCUT2D eigenvalue weighted by molar-refractivity contribution is 5.75. The van der Waals surface area contributed by atoms with Gasteiger partial charge in [-0.05, 0) is 55.6 Å². The Labute approximate surface area is 160 Å². The Morgan fingerprint density at radius 3 is 2.50 bits per heavy atom. The van der Waals surface area contributed by atoms with E-state index in [1.807, 2.05) is 20.8 Å². The topological polar surface area (TPSA) is 56.9 Å². The lowest BCUT2D eigenvalue weighted by atomic mass is 9.68. The largest absolute Gasteiger partial charge is 0.402 e. The molecule has 0 amide bonds. The number of hydrogen-bond donors (Lipinski definition) is 3. The molecule has 0 radical (unpaired) electrons. The lowest BCUT2D eigenvalue weighted by molar-refractivity contribution is -0.180. The Morgan fingerprint density at radius 2 is 1.86 bits per heavy atom. The number of benzene rings is 1. The van der Waals surface area contributed by atoms with Crippen LogP contribution in [0.2, 0.25) is 0 Å². The number of fused-ring (bicyclic) bond motifs is 2. The molecule has 28 heavy (non-hydrogen) atoms. The first-order valence-electron chi connectivity index (χ1n) is 9.17. The summed E-state index contributed by atoms with van der Waals surface area (Å²) >= 11 is 0. The van der Waals surface area contributed by atoms with Crippen LogP contribution in [0.25, 0.3) is 0 Å². The Kier molecular flexibility index (Phi) is 5.27. The molecule has 0 fully saturated rings. The lowest BCUT2D eigenvalue weighted by Gasteiger charge is -2.42. The number of halogens is 4. The van der Waals surface area contributed by atoms with Gasteiger partial charge in [-0.25, -0.2) is 4.39 Å². The summed E-state index contributed by atoms with van der Waals surface area (Å²) in [5.41, 5.74) is -3.62. The van der Waals surface area contributed by atoms with Crippen molar-refractivity contribution < 1.29 is 17.6 Å².